The van der Waals surface area contributed by atoms with Crippen molar-refractivity contribution < 1.29 is 4.74 Å². The number of unbranched alkanes of at least 4 members (excludes halogenated alkanes) is 1. The highest BCUT2D eigenvalue weighted by Crippen LogP contribution is 2.16. The van der Waals surface area contributed by atoms with Gasteiger partial charge in [0, 0.05) is 24.9 Å². The molecular weight excluding hydrogens is 210 g/mol. The summed E-state index contributed by atoms with van der Waals surface area (Å²) in [4.78, 5) is 0. The zero-order valence-electron chi connectivity index (χ0n) is 10.7. The lowest BCUT2D eigenvalue weighted by atomic mass is 10.1. The molecule has 1 aromatic rings. The largest absolute Gasteiger partial charge is 0.382 e. The fourth-order valence-electron chi connectivity index (χ4n) is 2.23. The smallest absolute Gasteiger partial charge is 0.0485 e. The second-order valence-corrected chi connectivity index (χ2v) is 4.83. The predicted molar refractivity (Wildman–Crippen MR) is 72.5 cm³/mol. The van der Waals surface area contributed by atoms with E-state index in [0.717, 1.165) is 26.1 Å². The van der Waals surface area contributed by atoms with Gasteiger partial charge >= 0.3 is 0 Å². The minimum Gasteiger partial charge on any atom is -0.382 e. The van der Waals surface area contributed by atoms with E-state index in [1.807, 2.05) is 0 Å². The Kier molecular flexibility index (Phi) is 4.87. The molecular formula is C15H23NO. The van der Waals surface area contributed by atoms with Crippen LogP contribution in [0.2, 0.25) is 0 Å². The Bertz CT molecular complexity index is 314. The van der Waals surface area contributed by atoms with Crippen molar-refractivity contribution in [1.82, 2.24) is 0 Å². The molecule has 0 aliphatic carbocycles. The molecule has 1 aliphatic rings. The summed E-state index contributed by atoms with van der Waals surface area (Å²) in [5.41, 5.74) is 2.70. The molecule has 0 saturated carbocycles. The standard InChI is InChI=1S/C15H23NO/c1-2-3-4-13-5-7-14(8-6-13)16-15-9-11-17-12-10-15/h5-8,15-16H,2-4,9-12H2,1H3. The monoisotopic (exact) mass is 233 g/mol. The Morgan fingerprint density at radius 1 is 1.18 bits per heavy atom. The highest BCUT2D eigenvalue weighted by atomic mass is 16.5. The highest BCUT2D eigenvalue weighted by Gasteiger charge is 2.12. The zero-order valence-corrected chi connectivity index (χ0v) is 10.7. The van der Waals surface area contributed by atoms with Crippen LogP contribution in [-0.4, -0.2) is 19.3 Å². The summed E-state index contributed by atoms with van der Waals surface area (Å²) in [6.45, 7) is 4.03. The third-order valence-electron chi connectivity index (χ3n) is 3.37. The summed E-state index contributed by atoms with van der Waals surface area (Å²) in [6, 6.07) is 9.50. The summed E-state index contributed by atoms with van der Waals surface area (Å²) in [5.74, 6) is 0. The van der Waals surface area contributed by atoms with E-state index < -0.39 is 0 Å². The van der Waals surface area contributed by atoms with E-state index in [1.165, 1.54) is 30.5 Å². The van der Waals surface area contributed by atoms with E-state index in [2.05, 4.69) is 36.5 Å². The molecule has 2 heteroatoms. The molecule has 0 aromatic heterocycles. The second kappa shape index (κ2) is 6.65. The molecule has 0 amide bonds. The summed E-state index contributed by atoms with van der Waals surface area (Å²) < 4.78 is 5.36. The van der Waals surface area contributed by atoms with Crippen LogP contribution < -0.4 is 5.32 Å². The summed E-state index contributed by atoms with van der Waals surface area (Å²) >= 11 is 0. The number of nitrogens with one attached hydrogen (secondary N) is 1. The average Bonchev–Trinajstić information content (AvgIpc) is 2.39. The van der Waals surface area contributed by atoms with Crippen LogP contribution in [0, 0.1) is 0 Å². The van der Waals surface area contributed by atoms with Gasteiger partial charge in [-0.25, -0.2) is 0 Å². The normalized spacial score (nSPS) is 17.0. The van der Waals surface area contributed by atoms with E-state index in [4.69, 9.17) is 4.74 Å². The van der Waals surface area contributed by atoms with Gasteiger partial charge in [-0.1, -0.05) is 25.5 Å². The molecule has 1 saturated heterocycles. The van der Waals surface area contributed by atoms with Crippen molar-refractivity contribution in [2.75, 3.05) is 18.5 Å². The third kappa shape index (κ3) is 4.04. The summed E-state index contributed by atoms with van der Waals surface area (Å²) in [7, 11) is 0. The molecule has 1 aromatic carbocycles. The van der Waals surface area contributed by atoms with Crippen molar-refractivity contribution in [2.45, 2.75) is 45.1 Å². The van der Waals surface area contributed by atoms with Gasteiger partial charge < -0.3 is 10.1 Å². The van der Waals surface area contributed by atoms with Gasteiger partial charge in [0.25, 0.3) is 0 Å². The minimum atomic E-state index is 0.588. The quantitative estimate of drug-likeness (QED) is 0.838. The molecule has 1 N–H and O–H groups in total. The fourth-order valence-corrected chi connectivity index (χ4v) is 2.23. The van der Waals surface area contributed by atoms with Gasteiger partial charge in [0.1, 0.15) is 0 Å². The number of rotatable bonds is 5. The Labute approximate surface area is 104 Å². The van der Waals surface area contributed by atoms with Crippen molar-refractivity contribution in [2.24, 2.45) is 0 Å². The van der Waals surface area contributed by atoms with Crippen molar-refractivity contribution >= 4 is 5.69 Å². The molecule has 0 unspecified atom stereocenters. The van der Waals surface area contributed by atoms with Gasteiger partial charge in [-0.15, -0.1) is 0 Å². The first kappa shape index (κ1) is 12.4. The van der Waals surface area contributed by atoms with Crippen LogP contribution in [0.25, 0.3) is 0 Å². The third-order valence-corrected chi connectivity index (χ3v) is 3.37. The first-order valence-electron chi connectivity index (χ1n) is 6.81. The van der Waals surface area contributed by atoms with Crippen LogP contribution in [0.15, 0.2) is 24.3 Å². The Morgan fingerprint density at radius 2 is 1.88 bits per heavy atom. The topological polar surface area (TPSA) is 21.3 Å². The maximum atomic E-state index is 5.36. The maximum Gasteiger partial charge on any atom is 0.0485 e. The average molecular weight is 233 g/mol. The van der Waals surface area contributed by atoms with Crippen LogP contribution in [0.3, 0.4) is 0 Å². The van der Waals surface area contributed by atoms with Crippen LogP contribution in [0.5, 0.6) is 0 Å². The van der Waals surface area contributed by atoms with Crippen molar-refractivity contribution in [3.8, 4) is 0 Å². The molecule has 2 nitrogen and oxygen atoms in total. The maximum absolute atomic E-state index is 5.36. The number of benzene rings is 1. The van der Waals surface area contributed by atoms with E-state index in [0.29, 0.717) is 6.04 Å². The second-order valence-electron chi connectivity index (χ2n) is 4.83. The Hall–Kier alpha value is -1.02. The van der Waals surface area contributed by atoms with Crippen molar-refractivity contribution in [3.63, 3.8) is 0 Å². The van der Waals surface area contributed by atoms with Crippen molar-refractivity contribution in [1.29, 1.82) is 0 Å². The van der Waals surface area contributed by atoms with Crippen molar-refractivity contribution in [3.05, 3.63) is 29.8 Å². The van der Waals surface area contributed by atoms with Crippen LogP contribution >= 0.6 is 0 Å². The van der Waals surface area contributed by atoms with Gasteiger partial charge in [-0.3, -0.25) is 0 Å². The lowest BCUT2D eigenvalue weighted by molar-refractivity contribution is 0.0904. The first-order valence-corrected chi connectivity index (χ1v) is 6.81. The molecule has 0 spiro atoms. The van der Waals surface area contributed by atoms with E-state index in [1.54, 1.807) is 0 Å². The van der Waals surface area contributed by atoms with E-state index in [-0.39, 0.29) is 0 Å². The Balaban J connectivity index is 1.84. The number of aryl methyl sites for hydroxylation is 1. The zero-order chi connectivity index (χ0) is 11.9. The number of anilines is 1. The SMILES string of the molecule is CCCCc1ccc(NC2CCOCC2)cc1. The lowest BCUT2D eigenvalue weighted by Gasteiger charge is -2.24. The summed E-state index contributed by atoms with van der Waals surface area (Å²) in [6.07, 6.45) is 6.00. The van der Waals surface area contributed by atoms with Gasteiger partial charge in [0.15, 0.2) is 0 Å². The first-order chi connectivity index (χ1) is 8.38. The lowest BCUT2D eigenvalue weighted by Crippen LogP contribution is -2.27. The molecule has 2 rings (SSSR count). The molecule has 1 fully saturated rings. The van der Waals surface area contributed by atoms with Crippen LogP contribution in [-0.2, 0) is 11.2 Å². The van der Waals surface area contributed by atoms with E-state index >= 15 is 0 Å². The molecule has 0 bridgehead atoms. The van der Waals surface area contributed by atoms with Gasteiger partial charge in [0.2, 0.25) is 0 Å². The van der Waals surface area contributed by atoms with E-state index in [9.17, 15) is 0 Å². The number of hydrogen-bond donors (Lipinski definition) is 1. The molecule has 0 radical (unpaired) electrons. The minimum absolute atomic E-state index is 0.588. The number of hydrogen-bond acceptors (Lipinski definition) is 2. The molecule has 1 heterocycles. The fraction of sp³-hybridized carbons (Fsp3) is 0.600. The molecule has 0 atom stereocenters. The predicted octanol–water partition coefficient (Wildman–Crippen LogP) is 3.62. The molecule has 1 aliphatic heterocycles. The van der Waals surface area contributed by atoms with Gasteiger partial charge in [-0.2, -0.15) is 0 Å². The Morgan fingerprint density at radius 3 is 2.53 bits per heavy atom. The summed E-state index contributed by atoms with van der Waals surface area (Å²) in [5, 5.41) is 3.58. The van der Waals surface area contributed by atoms with Crippen LogP contribution in [0.4, 0.5) is 5.69 Å². The van der Waals surface area contributed by atoms with Crippen LogP contribution in [0.1, 0.15) is 38.2 Å². The number of ether oxygens (including phenoxy) is 1. The van der Waals surface area contributed by atoms with Gasteiger partial charge in [0.05, 0.1) is 0 Å². The molecule has 17 heavy (non-hydrogen) atoms. The molecule has 94 valence electrons. The highest BCUT2D eigenvalue weighted by molar-refractivity contribution is 5.45. The van der Waals surface area contributed by atoms with Gasteiger partial charge in [-0.05, 0) is 43.4 Å².